The Balaban J connectivity index is 1.35. The van der Waals surface area contributed by atoms with Crippen LogP contribution in [0.25, 0.3) is 0 Å². The first kappa shape index (κ1) is 20.5. The van der Waals surface area contributed by atoms with Crippen molar-refractivity contribution in [1.82, 2.24) is 4.90 Å². The molecular formula is C24H21F2N3O2. The fourth-order valence-corrected chi connectivity index (χ4v) is 3.57. The Morgan fingerprint density at radius 3 is 1.84 bits per heavy atom. The van der Waals surface area contributed by atoms with Gasteiger partial charge < -0.3 is 15.1 Å². The fraction of sp³-hybridized carbons (Fsp3) is 0.167. The summed E-state index contributed by atoms with van der Waals surface area (Å²) in [5.74, 6) is -1.89. The number of rotatable bonds is 4. The van der Waals surface area contributed by atoms with Gasteiger partial charge in [-0.15, -0.1) is 0 Å². The zero-order valence-electron chi connectivity index (χ0n) is 16.7. The van der Waals surface area contributed by atoms with Crippen LogP contribution in [0.3, 0.4) is 0 Å². The monoisotopic (exact) mass is 421 g/mol. The maximum Gasteiger partial charge on any atom is 0.258 e. The average Bonchev–Trinajstić information content (AvgIpc) is 2.80. The third-order valence-corrected chi connectivity index (χ3v) is 5.28. The molecular weight excluding hydrogens is 400 g/mol. The Morgan fingerprint density at radius 2 is 1.26 bits per heavy atom. The van der Waals surface area contributed by atoms with Gasteiger partial charge in [0, 0.05) is 37.6 Å². The molecule has 1 aliphatic rings. The molecule has 1 heterocycles. The summed E-state index contributed by atoms with van der Waals surface area (Å²) in [6, 6.07) is 19.1. The van der Waals surface area contributed by atoms with E-state index in [9.17, 15) is 18.4 Å². The van der Waals surface area contributed by atoms with Gasteiger partial charge in [0.1, 0.15) is 11.6 Å². The van der Waals surface area contributed by atoms with Crippen molar-refractivity contribution in [2.75, 3.05) is 36.4 Å². The molecule has 0 bridgehead atoms. The maximum absolute atomic E-state index is 13.9. The van der Waals surface area contributed by atoms with Gasteiger partial charge in [0.2, 0.25) is 0 Å². The van der Waals surface area contributed by atoms with Gasteiger partial charge in [0.25, 0.3) is 11.8 Å². The van der Waals surface area contributed by atoms with E-state index in [2.05, 4.69) is 10.2 Å². The molecule has 0 unspecified atom stereocenters. The quantitative estimate of drug-likeness (QED) is 0.688. The molecule has 4 rings (SSSR count). The molecule has 3 aromatic carbocycles. The Labute approximate surface area is 178 Å². The summed E-state index contributed by atoms with van der Waals surface area (Å²) in [7, 11) is 0. The average molecular weight is 421 g/mol. The largest absolute Gasteiger partial charge is 0.368 e. The second-order valence-electron chi connectivity index (χ2n) is 7.24. The number of hydrogen-bond acceptors (Lipinski definition) is 3. The third kappa shape index (κ3) is 4.55. The van der Waals surface area contributed by atoms with Gasteiger partial charge in [-0.2, -0.15) is 0 Å². The van der Waals surface area contributed by atoms with E-state index in [0.717, 1.165) is 5.69 Å². The SMILES string of the molecule is O=C(Nc1ccc(N2CCN(C(=O)c3ccccc3F)CC2)cc1)c1ccccc1F. The van der Waals surface area contributed by atoms with E-state index in [1.807, 2.05) is 12.1 Å². The lowest BCUT2D eigenvalue weighted by atomic mass is 10.1. The van der Waals surface area contributed by atoms with Gasteiger partial charge in [-0.25, -0.2) is 8.78 Å². The van der Waals surface area contributed by atoms with Crippen molar-refractivity contribution in [2.24, 2.45) is 0 Å². The van der Waals surface area contributed by atoms with E-state index in [1.54, 1.807) is 35.2 Å². The molecule has 0 spiro atoms. The minimum absolute atomic E-state index is 0.0118. The molecule has 0 aliphatic carbocycles. The number of hydrogen-bond donors (Lipinski definition) is 1. The number of amides is 2. The summed E-state index contributed by atoms with van der Waals surface area (Å²) in [4.78, 5) is 28.6. The normalized spacial score (nSPS) is 13.7. The van der Waals surface area contributed by atoms with Crippen LogP contribution in [0.1, 0.15) is 20.7 Å². The van der Waals surface area contributed by atoms with Crippen LogP contribution in [-0.4, -0.2) is 42.9 Å². The Hall–Kier alpha value is -3.74. The molecule has 0 radical (unpaired) electrons. The molecule has 7 heteroatoms. The molecule has 0 aromatic heterocycles. The summed E-state index contributed by atoms with van der Waals surface area (Å²) in [6.45, 7) is 2.19. The van der Waals surface area contributed by atoms with Crippen molar-refractivity contribution in [2.45, 2.75) is 0 Å². The van der Waals surface area contributed by atoms with E-state index in [-0.39, 0.29) is 17.0 Å². The molecule has 158 valence electrons. The highest BCUT2D eigenvalue weighted by atomic mass is 19.1. The second-order valence-corrected chi connectivity index (χ2v) is 7.24. The molecule has 0 saturated carbocycles. The van der Waals surface area contributed by atoms with Crippen LogP contribution in [-0.2, 0) is 0 Å². The minimum Gasteiger partial charge on any atom is -0.368 e. The first-order chi connectivity index (χ1) is 15.0. The number of carbonyl (C=O) groups excluding carboxylic acids is 2. The molecule has 5 nitrogen and oxygen atoms in total. The molecule has 1 fully saturated rings. The van der Waals surface area contributed by atoms with Crippen molar-refractivity contribution < 1.29 is 18.4 Å². The number of nitrogens with one attached hydrogen (secondary N) is 1. The lowest BCUT2D eigenvalue weighted by Crippen LogP contribution is -2.49. The highest BCUT2D eigenvalue weighted by Crippen LogP contribution is 2.21. The van der Waals surface area contributed by atoms with Crippen molar-refractivity contribution in [3.8, 4) is 0 Å². The number of carbonyl (C=O) groups is 2. The first-order valence-electron chi connectivity index (χ1n) is 9.97. The van der Waals surface area contributed by atoms with Crippen LogP contribution in [0.15, 0.2) is 72.8 Å². The highest BCUT2D eigenvalue weighted by molar-refractivity contribution is 6.04. The van der Waals surface area contributed by atoms with Crippen LogP contribution in [0.4, 0.5) is 20.2 Å². The van der Waals surface area contributed by atoms with Crippen molar-refractivity contribution >= 4 is 23.2 Å². The molecule has 1 saturated heterocycles. The zero-order chi connectivity index (χ0) is 21.8. The summed E-state index contributed by atoms with van der Waals surface area (Å²) in [6.07, 6.45) is 0. The standard InChI is InChI=1S/C24H21F2N3O2/c25-21-7-3-1-5-19(21)23(30)27-17-9-11-18(12-10-17)28-13-15-29(16-14-28)24(31)20-6-2-4-8-22(20)26/h1-12H,13-16H2,(H,27,30). The predicted octanol–water partition coefficient (Wildman–Crippen LogP) is 4.18. The fourth-order valence-electron chi connectivity index (χ4n) is 3.57. The summed E-state index contributed by atoms with van der Waals surface area (Å²) in [5, 5.41) is 2.69. The maximum atomic E-state index is 13.9. The van der Waals surface area contributed by atoms with Crippen molar-refractivity contribution in [3.63, 3.8) is 0 Å². The Kier molecular flexibility index (Phi) is 5.93. The van der Waals surface area contributed by atoms with E-state index < -0.39 is 17.5 Å². The van der Waals surface area contributed by atoms with Crippen LogP contribution in [0, 0.1) is 11.6 Å². The smallest absolute Gasteiger partial charge is 0.258 e. The minimum atomic E-state index is -0.570. The predicted molar refractivity (Wildman–Crippen MR) is 115 cm³/mol. The van der Waals surface area contributed by atoms with E-state index in [0.29, 0.717) is 31.9 Å². The molecule has 31 heavy (non-hydrogen) atoms. The lowest BCUT2D eigenvalue weighted by Gasteiger charge is -2.36. The van der Waals surface area contributed by atoms with Gasteiger partial charge in [-0.05, 0) is 48.5 Å². The van der Waals surface area contributed by atoms with Crippen molar-refractivity contribution in [1.29, 1.82) is 0 Å². The molecule has 0 atom stereocenters. The summed E-state index contributed by atoms with van der Waals surface area (Å²) in [5.41, 5.74) is 1.58. The van der Waals surface area contributed by atoms with Gasteiger partial charge in [0.05, 0.1) is 11.1 Å². The topological polar surface area (TPSA) is 52.7 Å². The third-order valence-electron chi connectivity index (χ3n) is 5.28. The summed E-state index contributed by atoms with van der Waals surface area (Å²) >= 11 is 0. The highest BCUT2D eigenvalue weighted by Gasteiger charge is 2.24. The molecule has 2 amide bonds. The van der Waals surface area contributed by atoms with E-state index in [1.165, 1.54) is 30.3 Å². The number of piperazine rings is 1. The lowest BCUT2D eigenvalue weighted by molar-refractivity contribution is 0.0742. The van der Waals surface area contributed by atoms with Gasteiger partial charge in [-0.3, -0.25) is 9.59 Å². The number of anilines is 2. The number of benzene rings is 3. The van der Waals surface area contributed by atoms with Crippen LogP contribution < -0.4 is 10.2 Å². The van der Waals surface area contributed by atoms with Crippen LogP contribution >= 0.6 is 0 Å². The zero-order valence-corrected chi connectivity index (χ0v) is 16.7. The number of halogens is 2. The van der Waals surface area contributed by atoms with E-state index >= 15 is 0 Å². The second kappa shape index (κ2) is 8.95. The van der Waals surface area contributed by atoms with Crippen LogP contribution in [0.2, 0.25) is 0 Å². The van der Waals surface area contributed by atoms with Crippen molar-refractivity contribution in [3.05, 3.63) is 95.6 Å². The summed E-state index contributed by atoms with van der Waals surface area (Å²) < 4.78 is 27.6. The molecule has 3 aromatic rings. The van der Waals surface area contributed by atoms with Crippen LogP contribution in [0.5, 0.6) is 0 Å². The van der Waals surface area contributed by atoms with E-state index in [4.69, 9.17) is 0 Å². The van der Waals surface area contributed by atoms with Gasteiger partial charge >= 0.3 is 0 Å². The van der Waals surface area contributed by atoms with Gasteiger partial charge in [-0.1, -0.05) is 24.3 Å². The molecule has 1 N–H and O–H groups in total. The Morgan fingerprint density at radius 1 is 0.710 bits per heavy atom. The first-order valence-corrected chi connectivity index (χ1v) is 9.97. The Bertz CT molecular complexity index is 1090. The van der Waals surface area contributed by atoms with Gasteiger partial charge in [0.15, 0.2) is 0 Å². The number of nitrogens with zero attached hydrogens (tertiary/aromatic N) is 2. The molecule has 1 aliphatic heterocycles.